The molecular formula is C24H22N2O4. The van der Waals surface area contributed by atoms with E-state index in [0.29, 0.717) is 28.6 Å². The van der Waals surface area contributed by atoms with Crippen LogP contribution in [0.4, 0.5) is 5.69 Å². The van der Waals surface area contributed by atoms with Crippen molar-refractivity contribution in [2.45, 2.75) is 13.3 Å². The van der Waals surface area contributed by atoms with Crippen LogP contribution in [0.5, 0.6) is 11.5 Å². The number of hydrogen-bond donors (Lipinski definition) is 1. The SMILES string of the molecule is CCc1ccc2oc(-c3ccc(NC(=O)c4c(OC)cccc4OC)cc3)nc2c1. The van der Waals surface area contributed by atoms with E-state index in [4.69, 9.17) is 13.9 Å². The van der Waals surface area contributed by atoms with E-state index in [-0.39, 0.29) is 5.91 Å². The predicted octanol–water partition coefficient (Wildman–Crippen LogP) is 5.33. The number of oxazole rings is 1. The summed E-state index contributed by atoms with van der Waals surface area (Å²) >= 11 is 0. The highest BCUT2D eigenvalue weighted by Gasteiger charge is 2.18. The molecule has 1 heterocycles. The number of anilines is 1. The fourth-order valence-electron chi connectivity index (χ4n) is 3.28. The molecule has 0 saturated carbocycles. The molecule has 0 aliphatic rings. The minimum atomic E-state index is -0.314. The van der Waals surface area contributed by atoms with Gasteiger partial charge in [-0.15, -0.1) is 0 Å². The molecule has 0 saturated heterocycles. The minimum absolute atomic E-state index is 0.314. The van der Waals surface area contributed by atoms with Crippen molar-refractivity contribution in [2.24, 2.45) is 0 Å². The van der Waals surface area contributed by atoms with E-state index in [2.05, 4.69) is 17.2 Å². The molecule has 0 bridgehead atoms. The van der Waals surface area contributed by atoms with Gasteiger partial charge in [0, 0.05) is 11.3 Å². The highest BCUT2D eigenvalue weighted by molar-refractivity contribution is 6.08. The van der Waals surface area contributed by atoms with Crippen LogP contribution in [0.1, 0.15) is 22.8 Å². The summed E-state index contributed by atoms with van der Waals surface area (Å²) < 4.78 is 16.5. The Morgan fingerprint density at radius 1 is 1.00 bits per heavy atom. The van der Waals surface area contributed by atoms with Crippen LogP contribution in [-0.2, 0) is 6.42 Å². The lowest BCUT2D eigenvalue weighted by atomic mass is 10.1. The number of nitrogens with one attached hydrogen (secondary N) is 1. The zero-order valence-electron chi connectivity index (χ0n) is 17.1. The van der Waals surface area contributed by atoms with Crippen molar-refractivity contribution in [3.05, 3.63) is 71.8 Å². The molecule has 3 aromatic carbocycles. The van der Waals surface area contributed by atoms with Gasteiger partial charge < -0.3 is 19.2 Å². The van der Waals surface area contributed by atoms with Crippen molar-refractivity contribution < 1.29 is 18.7 Å². The largest absolute Gasteiger partial charge is 0.496 e. The lowest BCUT2D eigenvalue weighted by Gasteiger charge is -2.13. The number of carbonyl (C=O) groups is 1. The smallest absolute Gasteiger partial charge is 0.263 e. The van der Waals surface area contributed by atoms with Gasteiger partial charge in [-0.1, -0.05) is 19.1 Å². The topological polar surface area (TPSA) is 73.6 Å². The van der Waals surface area contributed by atoms with Crippen LogP contribution in [0, 0.1) is 0 Å². The van der Waals surface area contributed by atoms with Crippen molar-refractivity contribution >= 4 is 22.7 Å². The van der Waals surface area contributed by atoms with Gasteiger partial charge in [0.1, 0.15) is 22.6 Å². The molecule has 0 atom stereocenters. The van der Waals surface area contributed by atoms with Gasteiger partial charge in [0.25, 0.3) is 5.91 Å². The molecule has 0 spiro atoms. The standard InChI is InChI=1S/C24H22N2O4/c1-4-15-8-13-19-18(14-15)26-24(30-19)16-9-11-17(12-10-16)25-23(27)22-20(28-2)6-5-7-21(22)29-3/h5-14H,4H2,1-3H3,(H,25,27). The molecule has 4 aromatic rings. The second-order valence-electron chi connectivity index (χ2n) is 6.74. The number of fused-ring (bicyclic) bond motifs is 1. The summed E-state index contributed by atoms with van der Waals surface area (Å²) in [6, 6.07) is 18.6. The van der Waals surface area contributed by atoms with E-state index in [0.717, 1.165) is 23.1 Å². The number of carbonyl (C=O) groups excluding carboxylic acids is 1. The molecule has 1 N–H and O–H groups in total. The van der Waals surface area contributed by atoms with Gasteiger partial charge in [0.15, 0.2) is 5.58 Å². The molecule has 152 valence electrons. The number of amides is 1. The van der Waals surface area contributed by atoms with Crippen molar-refractivity contribution in [3.8, 4) is 23.0 Å². The van der Waals surface area contributed by atoms with E-state index in [1.807, 2.05) is 42.5 Å². The van der Waals surface area contributed by atoms with Gasteiger partial charge in [0.2, 0.25) is 5.89 Å². The Balaban J connectivity index is 1.57. The maximum Gasteiger partial charge on any atom is 0.263 e. The molecule has 1 aromatic heterocycles. The Bertz CT molecular complexity index is 1170. The number of rotatable bonds is 6. The second-order valence-corrected chi connectivity index (χ2v) is 6.74. The normalized spacial score (nSPS) is 10.8. The maximum atomic E-state index is 12.8. The van der Waals surface area contributed by atoms with Crippen LogP contribution in [0.25, 0.3) is 22.6 Å². The Morgan fingerprint density at radius 3 is 2.33 bits per heavy atom. The first-order valence-electron chi connectivity index (χ1n) is 9.65. The molecule has 6 nitrogen and oxygen atoms in total. The van der Waals surface area contributed by atoms with Crippen molar-refractivity contribution in [2.75, 3.05) is 19.5 Å². The summed E-state index contributed by atoms with van der Waals surface area (Å²) in [5.74, 6) is 1.12. The molecule has 0 radical (unpaired) electrons. The third kappa shape index (κ3) is 3.72. The summed E-state index contributed by atoms with van der Waals surface area (Å²) in [6.07, 6.45) is 0.948. The average Bonchev–Trinajstić information content (AvgIpc) is 3.22. The number of ether oxygens (including phenoxy) is 2. The quantitative estimate of drug-likeness (QED) is 0.472. The number of aryl methyl sites for hydroxylation is 1. The molecule has 30 heavy (non-hydrogen) atoms. The molecule has 0 fully saturated rings. The van der Waals surface area contributed by atoms with Crippen molar-refractivity contribution in [1.29, 1.82) is 0 Å². The first-order chi connectivity index (χ1) is 14.6. The maximum absolute atomic E-state index is 12.8. The van der Waals surface area contributed by atoms with Crippen LogP contribution in [0.2, 0.25) is 0 Å². The fraction of sp³-hybridized carbons (Fsp3) is 0.167. The van der Waals surface area contributed by atoms with E-state index in [1.165, 1.54) is 19.8 Å². The molecular weight excluding hydrogens is 380 g/mol. The lowest BCUT2D eigenvalue weighted by molar-refractivity contribution is 0.102. The lowest BCUT2D eigenvalue weighted by Crippen LogP contribution is -2.14. The molecule has 4 rings (SSSR count). The third-order valence-corrected chi connectivity index (χ3v) is 4.90. The number of benzene rings is 3. The summed E-state index contributed by atoms with van der Waals surface area (Å²) in [6.45, 7) is 2.11. The van der Waals surface area contributed by atoms with Gasteiger partial charge in [0.05, 0.1) is 14.2 Å². The van der Waals surface area contributed by atoms with Gasteiger partial charge in [-0.3, -0.25) is 4.79 Å². The zero-order valence-corrected chi connectivity index (χ0v) is 17.1. The van der Waals surface area contributed by atoms with E-state index >= 15 is 0 Å². The van der Waals surface area contributed by atoms with Crippen LogP contribution < -0.4 is 14.8 Å². The van der Waals surface area contributed by atoms with Crippen LogP contribution in [0.15, 0.2) is 65.1 Å². The Kier molecular flexibility index (Phi) is 5.39. The van der Waals surface area contributed by atoms with E-state index in [9.17, 15) is 4.79 Å². The number of nitrogens with zero attached hydrogens (tertiary/aromatic N) is 1. The molecule has 6 heteroatoms. The molecule has 0 aliphatic heterocycles. The zero-order chi connectivity index (χ0) is 21.1. The number of aromatic nitrogens is 1. The molecule has 1 amide bonds. The Labute approximate surface area is 174 Å². The van der Waals surface area contributed by atoms with Gasteiger partial charge in [-0.25, -0.2) is 4.98 Å². The summed E-state index contributed by atoms with van der Waals surface area (Å²) in [7, 11) is 3.04. The third-order valence-electron chi connectivity index (χ3n) is 4.90. The van der Waals surface area contributed by atoms with Crippen LogP contribution in [0.3, 0.4) is 0 Å². The van der Waals surface area contributed by atoms with Crippen molar-refractivity contribution in [1.82, 2.24) is 4.98 Å². The summed E-state index contributed by atoms with van der Waals surface area (Å²) in [4.78, 5) is 17.4. The monoisotopic (exact) mass is 402 g/mol. The van der Waals surface area contributed by atoms with Gasteiger partial charge >= 0.3 is 0 Å². The number of methoxy groups -OCH3 is 2. The summed E-state index contributed by atoms with van der Waals surface area (Å²) in [5.41, 5.74) is 4.62. The summed E-state index contributed by atoms with van der Waals surface area (Å²) in [5, 5.41) is 2.88. The van der Waals surface area contributed by atoms with E-state index in [1.54, 1.807) is 18.2 Å². The first kappa shape index (κ1) is 19.5. The average molecular weight is 402 g/mol. The highest BCUT2D eigenvalue weighted by atomic mass is 16.5. The predicted molar refractivity (Wildman–Crippen MR) is 116 cm³/mol. The second kappa shape index (κ2) is 8.29. The Morgan fingerprint density at radius 2 is 1.70 bits per heavy atom. The first-order valence-corrected chi connectivity index (χ1v) is 9.65. The van der Waals surface area contributed by atoms with Gasteiger partial charge in [-0.2, -0.15) is 0 Å². The number of hydrogen-bond acceptors (Lipinski definition) is 5. The van der Waals surface area contributed by atoms with E-state index < -0.39 is 0 Å². The van der Waals surface area contributed by atoms with Crippen LogP contribution >= 0.6 is 0 Å². The highest BCUT2D eigenvalue weighted by Crippen LogP contribution is 2.30. The van der Waals surface area contributed by atoms with Gasteiger partial charge in [-0.05, 0) is 60.5 Å². The Hall–Kier alpha value is -3.80. The van der Waals surface area contributed by atoms with Crippen LogP contribution in [-0.4, -0.2) is 25.1 Å². The fourth-order valence-corrected chi connectivity index (χ4v) is 3.28. The van der Waals surface area contributed by atoms with Crippen molar-refractivity contribution in [3.63, 3.8) is 0 Å². The molecule has 0 aliphatic carbocycles. The minimum Gasteiger partial charge on any atom is -0.496 e. The molecule has 0 unspecified atom stereocenters.